The second-order valence-corrected chi connectivity index (χ2v) is 20.2. The molecule has 1 aromatic heterocycles. The van der Waals surface area contributed by atoms with Gasteiger partial charge in [-0.1, -0.05) is 16.1 Å². The van der Waals surface area contributed by atoms with E-state index < -0.39 is 87.3 Å². The molecule has 0 aliphatic carbocycles. The number of nitrogens with one attached hydrogen (secondary N) is 2. The Morgan fingerprint density at radius 1 is 0.771 bits per heavy atom. The number of hydrogen-bond acceptors (Lipinski definition) is 30. The fraction of sp³-hybridized carbons (Fsp3) is 0.125. The molecule has 0 radical (unpaired) electrons. The number of sulfone groups is 1. The number of anilines is 6. The molecule has 4 aromatic carbocycles. The summed E-state index contributed by atoms with van der Waals surface area (Å²) in [5, 5.41) is 55.3. The van der Waals surface area contributed by atoms with Crippen LogP contribution in [0.4, 0.5) is 57.4 Å². The lowest BCUT2D eigenvalue weighted by Gasteiger charge is -2.12. The summed E-state index contributed by atoms with van der Waals surface area (Å²) in [6.45, 7) is -1.19. The summed E-state index contributed by atoms with van der Waals surface area (Å²) >= 11 is 4.95. The van der Waals surface area contributed by atoms with Crippen LogP contribution in [0.3, 0.4) is 0 Å². The normalized spacial score (nSPS) is 12.7. The van der Waals surface area contributed by atoms with Gasteiger partial charge in [0.25, 0.3) is 10.1 Å². The lowest BCUT2D eigenvalue weighted by molar-refractivity contribution is -0.435. The van der Waals surface area contributed by atoms with Gasteiger partial charge in [-0.3, -0.25) is 9.11 Å². The number of nitrogen functional groups attached to an aromatic ring is 2. The molecule has 1 unspecified atom stereocenters. The predicted octanol–water partition coefficient (Wildman–Crippen LogP) is 6.01. The standard InChI is InChI=1S/C32H30ClN11O20S6/c33-30-38-31(36-16-2-1-3-19(12-16)68(50,51)11-9-59-70(55,56)57)40-32(39-30)37-17-4-7-24(66-63-60-47)23(13-17)42-44-28-21(35)15-20(34)27(26(28)29(45)46)43-41-22-6-5-18(14-25(22)69(52,53)54)65-62-58-8-10-67(49)64-61-48/h1-7,12-15,47-48H,8-11,34-35H2,(H,45,46)(H,52,53,54)(H,55,56,57)(H2,36,37,38,39,40). The average Bonchev–Trinajstić information content (AvgIpc) is 3.27. The topological polar surface area (TPSA) is 467 Å². The molecule has 1 heterocycles. The van der Waals surface area contributed by atoms with Gasteiger partial charge in [0.1, 0.15) is 33.2 Å². The third kappa shape index (κ3) is 16.5. The number of benzene rings is 4. The number of halogens is 1. The van der Waals surface area contributed by atoms with Crippen LogP contribution >= 0.6 is 35.7 Å². The molecule has 31 nitrogen and oxygen atoms in total. The predicted molar refractivity (Wildman–Crippen MR) is 242 cm³/mol. The van der Waals surface area contributed by atoms with Crippen LogP contribution in [-0.4, -0.2) is 99.8 Å². The summed E-state index contributed by atoms with van der Waals surface area (Å²) in [5.74, 6) is -3.21. The number of nitrogens with zero attached hydrogens (tertiary/aromatic N) is 7. The Morgan fingerprint density at radius 3 is 2.04 bits per heavy atom. The average molecular weight is 1120 g/mol. The van der Waals surface area contributed by atoms with Gasteiger partial charge in [0.2, 0.25) is 17.2 Å². The summed E-state index contributed by atoms with van der Waals surface area (Å²) in [6.07, 6.45) is 0. The fourth-order valence-electron chi connectivity index (χ4n) is 5.08. The van der Waals surface area contributed by atoms with Crippen molar-refractivity contribution >= 4 is 140 Å². The van der Waals surface area contributed by atoms with Gasteiger partial charge >= 0.3 is 16.4 Å². The smallest absolute Gasteiger partial charge is 0.397 e. The number of rotatable bonds is 26. The number of aromatic nitrogens is 3. The number of hydrogen-bond donors (Lipinski definition) is 9. The zero-order valence-electron chi connectivity index (χ0n) is 34.2. The molecule has 0 saturated heterocycles. The lowest BCUT2D eigenvalue weighted by atomic mass is 10.1. The molecular formula is C32H30ClN11O20S6. The first-order chi connectivity index (χ1) is 33.1. The summed E-state index contributed by atoms with van der Waals surface area (Å²) in [7, 11) is -14.0. The SMILES string of the molecule is Nc1cc(N)c(N=Nc2ccc(SOOCCS(=O)OOO)cc2S(=O)(=O)O)c(C(=O)O)c1N=Nc1cc(Nc2nc(Cl)nc(Nc3cccc(S(=O)(=O)CCOS(=O)(=O)O)c3)n2)ccc1SOOO. The maximum absolute atomic E-state index is 12.8. The van der Waals surface area contributed by atoms with E-state index in [1.807, 2.05) is 0 Å². The molecule has 5 rings (SSSR count). The Bertz CT molecular complexity index is 3160. The summed E-state index contributed by atoms with van der Waals surface area (Å²) in [4.78, 5) is 28.7. The van der Waals surface area contributed by atoms with Crippen molar-refractivity contribution in [3.63, 3.8) is 0 Å². The van der Waals surface area contributed by atoms with Crippen LogP contribution in [0, 0.1) is 0 Å². The number of carboxylic acids is 1. The Hall–Kier alpha value is -5.69. The number of nitrogens with two attached hydrogens (primary N) is 2. The van der Waals surface area contributed by atoms with E-state index in [0.717, 1.165) is 18.2 Å². The maximum Gasteiger partial charge on any atom is 0.397 e. The van der Waals surface area contributed by atoms with E-state index in [4.69, 9.17) is 47.4 Å². The number of carbonyl (C=O) groups is 1. The first-order valence-electron chi connectivity index (χ1n) is 18.0. The van der Waals surface area contributed by atoms with Crippen molar-refractivity contribution in [3.05, 3.63) is 77.6 Å². The highest BCUT2D eigenvalue weighted by atomic mass is 35.5. The van der Waals surface area contributed by atoms with Gasteiger partial charge in [0.15, 0.2) is 20.9 Å². The molecule has 0 amide bonds. The number of aromatic carboxylic acids is 1. The molecule has 0 spiro atoms. The van der Waals surface area contributed by atoms with Gasteiger partial charge in [-0.2, -0.15) is 36.1 Å². The highest BCUT2D eigenvalue weighted by Gasteiger charge is 2.24. The van der Waals surface area contributed by atoms with Gasteiger partial charge in [-0.05, 0) is 72.3 Å². The van der Waals surface area contributed by atoms with Crippen LogP contribution in [0.15, 0.2) is 107 Å². The van der Waals surface area contributed by atoms with E-state index >= 15 is 0 Å². The zero-order valence-corrected chi connectivity index (χ0v) is 39.8. The van der Waals surface area contributed by atoms with Crippen LogP contribution in [0.2, 0.25) is 5.28 Å². The second-order valence-electron chi connectivity index (χ2n) is 12.6. The molecule has 0 aliphatic rings. The van der Waals surface area contributed by atoms with E-state index in [9.17, 15) is 43.9 Å². The Balaban J connectivity index is 1.41. The molecule has 0 bridgehead atoms. The highest BCUT2D eigenvalue weighted by Crippen LogP contribution is 2.43. The van der Waals surface area contributed by atoms with E-state index in [1.54, 1.807) is 0 Å². The molecular weight excluding hydrogens is 1090 g/mol. The highest BCUT2D eigenvalue weighted by molar-refractivity contribution is 7.95. The second kappa shape index (κ2) is 24.9. The van der Waals surface area contributed by atoms with E-state index in [1.165, 1.54) is 48.5 Å². The van der Waals surface area contributed by atoms with Crippen molar-refractivity contribution in [2.75, 3.05) is 46.8 Å². The van der Waals surface area contributed by atoms with Crippen LogP contribution < -0.4 is 22.1 Å². The van der Waals surface area contributed by atoms with Crippen molar-refractivity contribution in [1.29, 1.82) is 0 Å². The molecule has 70 heavy (non-hydrogen) atoms. The molecule has 0 aliphatic heterocycles. The van der Waals surface area contributed by atoms with Crippen LogP contribution in [0.5, 0.6) is 0 Å². The Labute approximate surface area is 408 Å². The summed E-state index contributed by atoms with van der Waals surface area (Å²) in [6, 6.07) is 13.6. The summed E-state index contributed by atoms with van der Waals surface area (Å²) in [5.41, 5.74) is 9.28. The van der Waals surface area contributed by atoms with Crippen LogP contribution in [0.1, 0.15) is 10.4 Å². The molecule has 0 saturated carbocycles. The van der Waals surface area contributed by atoms with Crippen molar-refractivity contribution in [1.82, 2.24) is 15.0 Å². The van der Waals surface area contributed by atoms with Crippen molar-refractivity contribution in [3.8, 4) is 0 Å². The fourth-order valence-corrected chi connectivity index (χ4v) is 8.73. The number of azo groups is 2. The third-order valence-electron chi connectivity index (χ3n) is 7.90. The zero-order chi connectivity index (χ0) is 51.2. The molecule has 0 fully saturated rings. The van der Waals surface area contributed by atoms with Gasteiger partial charge in [-0.25, -0.2) is 37.0 Å². The number of carboxylic acid groups (broad SMARTS) is 1. The first kappa shape index (κ1) is 55.2. The van der Waals surface area contributed by atoms with Crippen molar-refractivity contribution in [2.45, 2.75) is 19.6 Å². The molecule has 11 N–H and O–H groups in total. The van der Waals surface area contributed by atoms with Crippen LogP contribution in [0.25, 0.3) is 0 Å². The minimum absolute atomic E-state index is 0.0265. The van der Waals surface area contributed by atoms with E-state index in [2.05, 4.69) is 69.0 Å². The van der Waals surface area contributed by atoms with Gasteiger partial charge in [0, 0.05) is 16.3 Å². The third-order valence-corrected chi connectivity index (χ3v) is 13.1. The lowest BCUT2D eigenvalue weighted by Crippen LogP contribution is -2.15. The van der Waals surface area contributed by atoms with Crippen molar-refractivity contribution < 1.29 is 91.1 Å². The quantitative estimate of drug-likeness (QED) is 0.00581. The molecule has 5 aromatic rings. The van der Waals surface area contributed by atoms with E-state index in [-0.39, 0.29) is 72.7 Å². The maximum atomic E-state index is 12.8. The Morgan fingerprint density at radius 2 is 1.43 bits per heavy atom. The largest absolute Gasteiger partial charge is 0.478 e. The van der Waals surface area contributed by atoms with Crippen LogP contribution in [-0.2, 0) is 73.6 Å². The first-order valence-corrected chi connectivity index (χ1v) is 25.6. The molecule has 376 valence electrons. The minimum Gasteiger partial charge on any atom is -0.478 e. The van der Waals surface area contributed by atoms with Gasteiger partial charge < -0.3 is 27.2 Å². The monoisotopic (exact) mass is 1110 g/mol. The Kier molecular flexibility index (Phi) is 19.7. The summed E-state index contributed by atoms with van der Waals surface area (Å²) < 4.78 is 119. The molecule has 38 heteroatoms. The minimum atomic E-state index is -5.03. The van der Waals surface area contributed by atoms with Crippen molar-refractivity contribution in [2.24, 2.45) is 20.5 Å². The van der Waals surface area contributed by atoms with E-state index in [0.29, 0.717) is 24.1 Å². The van der Waals surface area contributed by atoms with Gasteiger partial charge in [-0.15, -0.1) is 29.1 Å². The molecule has 1 atom stereocenters. The van der Waals surface area contributed by atoms with Gasteiger partial charge in [0.05, 0.1) is 70.0 Å².